The van der Waals surface area contributed by atoms with Gasteiger partial charge in [0.2, 0.25) is 0 Å². The monoisotopic (exact) mass is 205 g/mol. The van der Waals surface area contributed by atoms with Crippen molar-refractivity contribution in [2.45, 2.75) is 37.9 Å². The molecule has 4 heteroatoms. The summed E-state index contributed by atoms with van der Waals surface area (Å²) in [6, 6.07) is 3.44. The molecule has 0 aromatic carbocycles. The number of hydrogen-bond acceptors (Lipinski definition) is 3. The Balaban J connectivity index is 4.50. The molecule has 0 unspecified atom stereocenters. The van der Waals surface area contributed by atoms with E-state index in [2.05, 4.69) is 13.8 Å². The summed E-state index contributed by atoms with van der Waals surface area (Å²) in [5.41, 5.74) is 5.64. The molecule has 0 saturated heterocycles. The highest BCUT2D eigenvalue weighted by Gasteiger charge is 2.38. The van der Waals surface area contributed by atoms with Crippen LogP contribution >= 0.6 is 0 Å². The van der Waals surface area contributed by atoms with Crippen LogP contribution < -0.4 is 5.73 Å². The van der Waals surface area contributed by atoms with Crippen molar-refractivity contribution in [3.63, 3.8) is 0 Å². The Morgan fingerprint density at radius 1 is 1.15 bits per heavy atom. The Morgan fingerprint density at radius 3 is 1.85 bits per heavy atom. The van der Waals surface area contributed by atoms with Gasteiger partial charge < -0.3 is 15.2 Å². The van der Waals surface area contributed by atoms with Crippen LogP contribution in [0.3, 0.4) is 0 Å². The second-order valence-electron chi connectivity index (χ2n) is 3.41. The summed E-state index contributed by atoms with van der Waals surface area (Å²) in [6.45, 7) is 5.18. The predicted molar refractivity (Wildman–Crippen MR) is 58.4 cm³/mol. The van der Waals surface area contributed by atoms with Gasteiger partial charge >= 0.3 is 0 Å². The molecular formula is C9H23NO2Si. The van der Waals surface area contributed by atoms with Gasteiger partial charge in [-0.1, -0.05) is 25.9 Å². The topological polar surface area (TPSA) is 44.5 Å². The zero-order chi connectivity index (χ0) is 10.3. The molecule has 0 aromatic rings. The molecular weight excluding hydrogens is 182 g/mol. The van der Waals surface area contributed by atoms with Crippen molar-refractivity contribution in [3.05, 3.63) is 0 Å². The van der Waals surface area contributed by atoms with Gasteiger partial charge in [0.05, 0.1) is 0 Å². The number of methoxy groups -OCH3 is 2. The van der Waals surface area contributed by atoms with Crippen molar-refractivity contribution in [1.29, 1.82) is 0 Å². The minimum atomic E-state index is -1.44. The van der Waals surface area contributed by atoms with Gasteiger partial charge in [-0.25, -0.2) is 0 Å². The summed E-state index contributed by atoms with van der Waals surface area (Å²) in [4.78, 5) is 0. The lowest BCUT2D eigenvalue weighted by atomic mass is 10.8. The second-order valence-corrected chi connectivity index (χ2v) is 8.52. The van der Waals surface area contributed by atoms with E-state index in [1.807, 2.05) is 0 Å². The maximum atomic E-state index is 5.64. The summed E-state index contributed by atoms with van der Waals surface area (Å²) in [5.74, 6) is 0.00560. The predicted octanol–water partition coefficient (Wildman–Crippen LogP) is 1.59. The van der Waals surface area contributed by atoms with Crippen LogP contribution in [0.4, 0.5) is 0 Å². The number of ether oxygens (including phenoxy) is 2. The second kappa shape index (κ2) is 6.54. The molecule has 0 aliphatic rings. The highest BCUT2D eigenvalue weighted by atomic mass is 28.3. The summed E-state index contributed by atoms with van der Waals surface area (Å²) in [7, 11) is 2.00. The van der Waals surface area contributed by atoms with Crippen LogP contribution in [0.15, 0.2) is 0 Å². The Kier molecular flexibility index (Phi) is 6.58. The fourth-order valence-electron chi connectivity index (χ4n) is 1.94. The molecule has 0 aliphatic heterocycles. The smallest absolute Gasteiger partial charge is 0.141 e. The van der Waals surface area contributed by atoms with Crippen LogP contribution in [-0.2, 0) is 9.47 Å². The molecule has 80 valence electrons. The molecule has 0 radical (unpaired) electrons. The Bertz CT molecular complexity index is 125. The first-order valence-electron chi connectivity index (χ1n) is 4.96. The largest absolute Gasteiger partial charge is 0.360 e. The summed E-state index contributed by atoms with van der Waals surface area (Å²) >= 11 is 0. The van der Waals surface area contributed by atoms with Gasteiger partial charge in [-0.3, -0.25) is 0 Å². The maximum Gasteiger partial charge on any atom is 0.141 e. The molecule has 13 heavy (non-hydrogen) atoms. The van der Waals surface area contributed by atoms with Gasteiger partial charge in [0.15, 0.2) is 0 Å². The molecule has 0 heterocycles. The fraction of sp³-hybridized carbons (Fsp3) is 1.00. The Labute approximate surface area is 82.6 Å². The number of nitrogens with two attached hydrogens (primary N) is 1. The average molecular weight is 205 g/mol. The highest BCUT2D eigenvalue weighted by molar-refractivity contribution is 6.80. The van der Waals surface area contributed by atoms with Crippen LogP contribution in [-0.4, -0.2) is 34.8 Å². The van der Waals surface area contributed by atoms with Crippen molar-refractivity contribution in [1.82, 2.24) is 0 Å². The molecule has 0 rings (SSSR count). The van der Waals surface area contributed by atoms with E-state index < -0.39 is 8.07 Å². The quantitative estimate of drug-likeness (QED) is 0.507. The summed E-state index contributed by atoms with van der Waals surface area (Å²) in [5, 5.41) is 0. The van der Waals surface area contributed by atoms with E-state index >= 15 is 0 Å². The molecule has 0 fully saturated rings. The van der Waals surface area contributed by atoms with Crippen LogP contribution in [0.2, 0.25) is 18.1 Å². The molecule has 0 aromatic heterocycles. The maximum absolute atomic E-state index is 5.64. The van der Waals surface area contributed by atoms with Crippen LogP contribution in [0.25, 0.3) is 0 Å². The molecule has 3 nitrogen and oxygen atoms in total. The first kappa shape index (κ1) is 13.1. The standard InChI is InChI=1S/C9H23NO2Si/c1-5-13(6-2,8-7-10)9(11-3)12-4/h9H,5-8,10H2,1-4H3. The lowest BCUT2D eigenvalue weighted by Crippen LogP contribution is -2.49. The van der Waals surface area contributed by atoms with E-state index in [0.29, 0.717) is 0 Å². The molecule has 0 saturated carbocycles. The van der Waals surface area contributed by atoms with Gasteiger partial charge in [-0.2, -0.15) is 0 Å². The molecule has 0 bridgehead atoms. The third kappa shape index (κ3) is 3.05. The third-order valence-electron chi connectivity index (χ3n) is 2.98. The van der Waals surface area contributed by atoms with Gasteiger partial charge in [-0.05, 0) is 12.6 Å². The number of rotatable bonds is 7. The lowest BCUT2D eigenvalue weighted by molar-refractivity contribution is -0.0513. The summed E-state index contributed by atoms with van der Waals surface area (Å²) < 4.78 is 10.8. The normalized spacial score (nSPS) is 12.5. The molecule has 0 atom stereocenters. The number of hydrogen-bond donors (Lipinski definition) is 1. The van der Waals surface area contributed by atoms with Crippen LogP contribution in [0, 0.1) is 0 Å². The molecule has 0 spiro atoms. The van der Waals surface area contributed by atoms with Crippen molar-refractivity contribution in [2.75, 3.05) is 20.8 Å². The van der Waals surface area contributed by atoms with E-state index in [1.54, 1.807) is 14.2 Å². The van der Waals surface area contributed by atoms with E-state index in [1.165, 1.54) is 12.1 Å². The van der Waals surface area contributed by atoms with Crippen molar-refractivity contribution < 1.29 is 9.47 Å². The van der Waals surface area contributed by atoms with E-state index in [-0.39, 0.29) is 5.91 Å². The van der Waals surface area contributed by atoms with Gasteiger partial charge in [-0.15, -0.1) is 0 Å². The lowest BCUT2D eigenvalue weighted by Gasteiger charge is -2.35. The minimum absolute atomic E-state index is 0.00560. The van der Waals surface area contributed by atoms with E-state index in [0.717, 1.165) is 12.6 Å². The van der Waals surface area contributed by atoms with Crippen LogP contribution in [0.1, 0.15) is 13.8 Å². The van der Waals surface area contributed by atoms with E-state index in [4.69, 9.17) is 15.2 Å². The SMILES string of the molecule is CC[Si](CC)(CCN)C(OC)OC. The highest BCUT2D eigenvalue weighted by Crippen LogP contribution is 2.26. The summed E-state index contributed by atoms with van der Waals surface area (Å²) in [6.07, 6.45) is 0. The van der Waals surface area contributed by atoms with E-state index in [9.17, 15) is 0 Å². The molecule has 2 N–H and O–H groups in total. The third-order valence-corrected chi connectivity index (χ3v) is 8.55. The fourth-order valence-corrected chi connectivity index (χ4v) is 5.62. The zero-order valence-corrected chi connectivity index (χ0v) is 10.3. The van der Waals surface area contributed by atoms with Gasteiger partial charge in [0, 0.05) is 14.2 Å². The van der Waals surface area contributed by atoms with Crippen molar-refractivity contribution >= 4 is 8.07 Å². The van der Waals surface area contributed by atoms with Gasteiger partial charge in [0.1, 0.15) is 14.0 Å². The Hall–Kier alpha value is 0.0969. The van der Waals surface area contributed by atoms with Crippen molar-refractivity contribution in [3.8, 4) is 0 Å². The van der Waals surface area contributed by atoms with Gasteiger partial charge in [0.25, 0.3) is 0 Å². The average Bonchev–Trinajstić information content (AvgIpc) is 2.18. The Morgan fingerprint density at radius 2 is 1.62 bits per heavy atom. The minimum Gasteiger partial charge on any atom is -0.360 e. The molecule has 0 amide bonds. The van der Waals surface area contributed by atoms with Crippen molar-refractivity contribution in [2.24, 2.45) is 5.73 Å². The first-order valence-corrected chi connectivity index (χ1v) is 7.66. The zero-order valence-electron chi connectivity index (χ0n) is 9.30. The molecule has 0 aliphatic carbocycles. The van der Waals surface area contributed by atoms with Crippen LogP contribution in [0.5, 0.6) is 0 Å². The first-order chi connectivity index (χ1) is 6.20.